The lowest BCUT2D eigenvalue weighted by molar-refractivity contribution is -0.150. The van der Waals surface area contributed by atoms with Crippen molar-refractivity contribution in [2.45, 2.75) is 265 Å². The Morgan fingerprint density at radius 3 is 1.08 bits per heavy atom. The Morgan fingerprint density at radius 2 is 0.726 bits per heavy atom. The van der Waals surface area contributed by atoms with Crippen LogP contribution in [0.2, 0.25) is 0 Å². The zero-order valence-corrected chi connectivity index (χ0v) is 42.0. The molecule has 0 aromatic carbocycles. The van der Waals surface area contributed by atoms with Gasteiger partial charge in [0.25, 0.3) is 0 Å². The van der Waals surface area contributed by atoms with E-state index >= 15 is 0 Å². The van der Waals surface area contributed by atoms with E-state index in [2.05, 4.69) is 56.9 Å². The Labute approximate surface area is 385 Å². The fourth-order valence-corrected chi connectivity index (χ4v) is 8.32. The van der Waals surface area contributed by atoms with Crippen molar-refractivity contribution in [2.75, 3.05) is 33.9 Å². The Morgan fingerprint density at radius 1 is 0.403 bits per heavy atom. The number of carbonyl (C=O) groups is 3. The predicted octanol–water partition coefficient (Wildman–Crippen LogP) is 16.0. The molecular formula is C55H103NO6. The minimum atomic E-state index is -0.0718. The molecule has 0 atom stereocenters. The second kappa shape index (κ2) is 46.8. The van der Waals surface area contributed by atoms with Crippen molar-refractivity contribution in [1.82, 2.24) is 4.90 Å². The molecule has 7 nitrogen and oxygen atoms in total. The van der Waals surface area contributed by atoms with Gasteiger partial charge in [0.05, 0.1) is 0 Å². The summed E-state index contributed by atoms with van der Waals surface area (Å²) in [5.74, 6) is 1.04. The number of carbonyl (C=O) groups excluding carboxylic acids is 3. The standard InChI is InChI=1S/C55H103NO6/c1-7-11-25-36-50(37-26-12-8-2)40-34-48-60-53(57)44-31-23-19-15-17-21-29-42-52(62-55(59)46-33-47-56(5)6)43-30-22-18-16-20-24-32-45-54(58)61-49-35-41-51(38-27-13-9-3)39-28-14-10-4/h34-35,40-41,50-52H,7-33,36-39,42-49H2,1-6H3/b40-34-,41-35-. The van der Waals surface area contributed by atoms with Crippen LogP contribution in [0.25, 0.3) is 0 Å². The zero-order valence-electron chi connectivity index (χ0n) is 42.0. The fraction of sp³-hybridized carbons (Fsp3) is 0.873. The Hall–Kier alpha value is -2.15. The van der Waals surface area contributed by atoms with E-state index < -0.39 is 0 Å². The molecule has 0 unspecified atom stereocenters. The molecule has 0 rings (SSSR count). The number of allylic oxidation sites excluding steroid dienone is 2. The summed E-state index contributed by atoms with van der Waals surface area (Å²) < 4.78 is 17.0. The maximum atomic E-state index is 12.7. The smallest absolute Gasteiger partial charge is 0.306 e. The van der Waals surface area contributed by atoms with Gasteiger partial charge >= 0.3 is 17.9 Å². The minimum absolute atomic E-state index is 0.0181. The van der Waals surface area contributed by atoms with Crippen molar-refractivity contribution >= 4 is 17.9 Å². The summed E-state index contributed by atoms with van der Waals surface area (Å²) in [6.07, 6.45) is 48.8. The molecule has 0 aliphatic rings. The van der Waals surface area contributed by atoms with E-state index in [0.29, 0.717) is 44.3 Å². The average Bonchev–Trinajstić information content (AvgIpc) is 3.24. The van der Waals surface area contributed by atoms with Crippen LogP contribution < -0.4 is 0 Å². The van der Waals surface area contributed by atoms with Crippen LogP contribution in [0.5, 0.6) is 0 Å². The molecule has 0 bridgehead atoms. The zero-order chi connectivity index (χ0) is 45.6. The first-order valence-corrected chi connectivity index (χ1v) is 26.7. The van der Waals surface area contributed by atoms with Crippen molar-refractivity contribution in [1.29, 1.82) is 0 Å². The molecule has 0 aromatic rings. The van der Waals surface area contributed by atoms with Gasteiger partial charge in [-0.3, -0.25) is 14.4 Å². The highest BCUT2D eigenvalue weighted by atomic mass is 16.5. The van der Waals surface area contributed by atoms with Crippen LogP contribution >= 0.6 is 0 Å². The predicted molar refractivity (Wildman–Crippen MR) is 265 cm³/mol. The van der Waals surface area contributed by atoms with Crippen molar-refractivity contribution in [2.24, 2.45) is 11.8 Å². The van der Waals surface area contributed by atoms with Crippen LogP contribution in [0.4, 0.5) is 0 Å². The molecule has 62 heavy (non-hydrogen) atoms. The van der Waals surface area contributed by atoms with E-state index in [9.17, 15) is 14.4 Å². The van der Waals surface area contributed by atoms with E-state index in [1.54, 1.807) is 0 Å². The summed E-state index contributed by atoms with van der Waals surface area (Å²) in [7, 11) is 4.08. The molecule has 0 aromatic heterocycles. The summed E-state index contributed by atoms with van der Waals surface area (Å²) in [5.41, 5.74) is 0. The van der Waals surface area contributed by atoms with Gasteiger partial charge in [0.15, 0.2) is 0 Å². The first-order valence-electron chi connectivity index (χ1n) is 26.7. The van der Waals surface area contributed by atoms with E-state index in [0.717, 1.165) is 90.0 Å². The minimum Gasteiger partial charge on any atom is -0.462 e. The molecule has 0 aliphatic heterocycles. The number of esters is 3. The molecule has 0 radical (unpaired) electrons. The summed E-state index contributed by atoms with van der Waals surface area (Å²) in [6, 6.07) is 0. The van der Waals surface area contributed by atoms with Gasteiger partial charge in [-0.15, -0.1) is 0 Å². The fourth-order valence-electron chi connectivity index (χ4n) is 8.32. The lowest BCUT2D eigenvalue weighted by Crippen LogP contribution is -2.20. The van der Waals surface area contributed by atoms with Crippen LogP contribution in [0.3, 0.4) is 0 Å². The largest absolute Gasteiger partial charge is 0.462 e. The van der Waals surface area contributed by atoms with Gasteiger partial charge in [0, 0.05) is 19.3 Å². The number of rotatable bonds is 47. The molecular weight excluding hydrogens is 771 g/mol. The lowest BCUT2D eigenvalue weighted by atomic mass is 9.94. The Kier molecular flexibility index (Phi) is 45.2. The highest BCUT2D eigenvalue weighted by Crippen LogP contribution is 2.22. The van der Waals surface area contributed by atoms with Crippen molar-refractivity contribution in [3.05, 3.63) is 24.3 Å². The van der Waals surface area contributed by atoms with Crippen LogP contribution in [0, 0.1) is 11.8 Å². The maximum absolute atomic E-state index is 12.7. The highest BCUT2D eigenvalue weighted by Gasteiger charge is 2.15. The highest BCUT2D eigenvalue weighted by molar-refractivity contribution is 5.70. The Balaban J connectivity index is 4.26. The number of hydrogen-bond donors (Lipinski definition) is 0. The van der Waals surface area contributed by atoms with E-state index in [4.69, 9.17) is 14.2 Å². The second-order valence-corrected chi connectivity index (χ2v) is 18.8. The first-order chi connectivity index (χ1) is 30.2. The normalized spacial score (nSPS) is 12.0. The van der Waals surface area contributed by atoms with Gasteiger partial charge < -0.3 is 19.1 Å². The van der Waals surface area contributed by atoms with Gasteiger partial charge in [-0.25, -0.2) is 0 Å². The molecule has 7 heteroatoms. The average molecular weight is 874 g/mol. The first kappa shape index (κ1) is 59.9. The molecule has 364 valence electrons. The number of nitrogens with zero attached hydrogens (tertiary/aromatic N) is 1. The summed E-state index contributed by atoms with van der Waals surface area (Å²) in [4.78, 5) is 39.3. The molecule has 0 saturated carbocycles. The number of unbranched alkanes of at least 4 members (excludes halogenated alkanes) is 20. The quantitative estimate of drug-likeness (QED) is 0.0261. The second-order valence-electron chi connectivity index (χ2n) is 18.8. The molecule has 0 aliphatic carbocycles. The third kappa shape index (κ3) is 43.1. The van der Waals surface area contributed by atoms with Gasteiger partial charge in [-0.2, -0.15) is 0 Å². The molecule has 0 N–H and O–H groups in total. The van der Waals surface area contributed by atoms with Crippen LogP contribution in [-0.2, 0) is 28.6 Å². The van der Waals surface area contributed by atoms with Crippen molar-refractivity contribution in [3.8, 4) is 0 Å². The maximum Gasteiger partial charge on any atom is 0.306 e. The third-order valence-corrected chi connectivity index (χ3v) is 12.3. The van der Waals surface area contributed by atoms with Gasteiger partial charge in [0.1, 0.15) is 19.3 Å². The lowest BCUT2D eigenvalue weighted by Gasteiger charge is -2.18. The van der Waals surface area contributed by atoms with E-state index in [1.165, 1.54) is 128 Å². The third-order valence-electron chi connectivity index (χ3n) is 12.3. The monoisotopic (exact) mass is 874 g/mol. The summed E-state index contributed by atoms with van der Waals surface area (Å²) in [5, 5.41) is 0. The van der Waals surface area contributed by atoms with Crippen molar-refractivity contribution < 1.29 is 28.6 Å². The van der Waals surface area contributed by atoms with Gasteiger partial charge in [-0.1, -0.05) is 193 Å². The summed E-state index contributed by atoms with van der Waals surface area (Å²) >= 11 is 0. The van der Waals surface area contributed by atoms with Crippen LogP contribution in [-0.4, -0.2) is 62.8 Å². The van der Waals surface area contributed by atoms with E-state index in [-0.39, 0.29) is 24.0 Å². The molecule has 0 amide bonds. The topological polar surface area (TPSA) is 82.1 Å². The number of ether oxygens (including phenoxy) is 3. The van der Waals surface area contributed by atoms with Gasteiger partial charge in [0.2, 0.25) is 0 Å². The molecule has 0 spiro atoms. The van der Waals surface area contributed by atoms with Crippen LogP contribution in [0.15, 0.2) is 24.3 Å². The Bertz CT molecular complexity index is 968. The van der Waals surface area contributed by atoms with E-state index in [1.807, 2.05) is 14.1 Å². The van der Waals surface area contributed by atoms with Crippen LogP contribution in [0.1, 0.15) is 259 Å². The SMILES string of the molecule is CCCCCC(/C=C\COC(=O)CCCCCCCCCC(CCCCCCCCCC(=O)OC/C=C\C(CCCCC)CCCCC)OC(=O)CCCN(C)C)CCCCC. The van der Waals surface area contributed by atoms with Gasteiger partial charge in [-0.05, 0) is 103 Å². The number of hydrogen-bond acceptors (Lipinski definition) is 7. The molecule has 0 saturated heterocycles. The molecule has 0 heterocycles. The molecule has 0 fully saturated rings. The van der Waals surface area contributed by atoms with Crippen molar-refractivity contribution in [3.63, 3.8) is 0 Å². The summed E-state index contributed by atoms with van der Waals surface area (Å²) in [6.45, 7) is 10.7.